The van der Waals surface area contributed by atoms with Crippen LogP contribution in [0.25, 0.3) is 0 Å². The largest absolute Gasteiger partial charge is 0.388 e. The molecule has 1 atom stereocenters. The predicted octanol–water partition coefficient (Wildman–Crippen LogP) is 3.43. The molecule has 2 nitrogen and oxygen atoms in total. The lowest BCUT2D eigenvalue weighted by Gasteiger charge is -2.08. The minimum atomic E-state index is -0.338. The van der Waals surface area contributed by atoms with Crippen molar-refractivity contribution < 1.29 is 9.50 Å². The summed E-state index contributed by atoms with van der Waals surface area (Å²) in [5.74, 6) is 0.234. The van der Waals surface area contributed by atoms with E-state index in [1.807, 2.05) is 30.0 Å². The van der Waals surface area contributed by atoms with E-state index in [0.717, 1.165) is 29.5 Å². The molecule has 100 valence electrons. The van der Waals surface area contributed by atoms with Crippen LogP contribution in [-0.2, 0) is 6.54 Å². The van der Waals surface area contributed by atoms with Gasteiger partial charge in [-0.3, -0.25) is 0 Å². The molecule has 2 aromatic rings. The van der Waals surface area contributed by atoms with Crippen LogP contribution in [0.4, 0.5) is 4.39 Å². The fourth-order valence-electron chi connectivity index (χ4n) is 2.42. The molecular weight excluding hydrogens is 241 g/mol. The van der Waals surface area contributed by atoms with Gasteiger partial charge in [-0.1, -0.05) is 6.07 Å². The molecule has 0 radical (unpaired) electrons. The minimum Gasteiger partial charge on any atom is -0.388 e. The number of aliphatic hydroxyl groups is 1. The lowest BCUT2D eigenvalue weighted by Crippen LogP contribution is -2.01. The maximum atomic E-state index is 13.2. The monoisotopic (exact) mass is 259 g/mol. The van der Waals surface area contributed by atoms with E-state index in [4.69, 9.17) is 0 Å². The minimum absolute atomic E-state index is 0.203. The van der Waals surface area contributed by atoms with Crippen molar-refractivity contribution in [2.45, 2.75) is 32.4 Å². The molecule has 1 aliphatic carbocycles. The fourth-order valence-corrected chi connectivity index (χ4v) is 2.42. The number of aromatic nitrogens is 1. The molecule has 0 saturated heterocycles. The molecule has 1 aromatic heterocycles. The first-order valence-corrected chi connectivity index (χ1v) is 6.72. The first-order chi connectivity index (χ1) is 9.13. The van der Waals surface area contributed by atoms with Crippen LogP contribution in [-0.4, -0.2) is 9.67 Å². The van der Waals surface area contributed by atoms with Crippen LogP contribution in [0.3, 0.4) is 0 Å². The van der Waals surface area contributed by atoms with Gasteiger partial charge in [-0.05, 0) is 60.6 Å². The second-order valence-corrected chi connectivity index (χ2v) is 5.47. The molecule has 1 saturated carbocycles. The van der Waals surface area contributed by atoms with Crippen molar-refractivity contribution in [1.82, 2.24) is 4.57 Å². The molecule has 1 fully saturated rings. The summed E-state index contributed by atoms with van der Waals surface area (Å²) in [5, 5.41) is 10.1. The van der Waals surface area contributed by atoms with Gasteiger partial charge in [0.05, 0.1) is 6.10 Å². The zero-order valence-corrected chi connectivity index (χ0v) is 11.0. The molecule has 1 aliphatic rings. The van der Waals surface area contributed by atoms with Crippen molar-refractivity contribution in [1.29, 1.82) is 0 Å². The average Bonchev–Trinajstić information content (AvgIpc) is 3.13. The number of benzene rings is 1. The number of aryl methyl sites for hydroxylation is 1. The highest BCUT2D eigenvalue weighted by atomic mass is 19.1. The van der Waals surface area contributed by atoms with E-state index in [1.54, 1.807) is 12.1 Å². The molecule has 3 heteroatoms. The molecule has 0 amide bonds. The van der Waals surface area contributed by atoms with Gasteiger partial charge in [-0.15, -0.1) is 0 Å². The standard InChI is InChI=1S/C16H18FNO/c1-11-2-5-15(17)8-14(11)10-18-7-6-13(9-18)16(19)12-3-4-12/h2,5-9,12,16,19H,3-4,10H2,1H3. The Labute approximate surface area is 112 Å². The Kier molecular flexibility index (Phi) is 3.15. The maximum absolute atomic E-state index is 13.2. The van der Waals surface area contributed by atoms with Crippen LogP contribution in [0.5, 0.6) is 0 Å². The molecule has 1 heterocycles. The Hall–Kier alpha value is -1.61. The van der Waals surface area contributed by atoms with Crippen molar-refractivity contribution in [3.63, 3.8) is 0 Å². The SMILES string of the molecule is Cc1ccc(F)cc1Cn1ccc(C(O)C2CC2)c1. The fraction of sp³-hybridized carbons (Fsp3) is 0.375. The van der Waals surface area contributed by atoms with Crippen LogP contribution in [0, 0.1) is 18.7 Å². The Morgan fingerprint density at radius 1 is 1.37 bits per heavy atom. The van der Waals surface area contributed by atoms with Gasteiger partial charge in [0, 0.05) is 18.9 Å². The van der Waals surface area contributed by atoms with Gasteiger partial charge in [0.25, 0.3) is 0 Å². The zero-order chi connectivity index (χ0) is 13.4. The number of aliphatic hydroxyl groups excluding tert-OH is 1. The van der Waals surface area contributed by atoms with Crippen molar-refractivity contribution in [3.8, 4) is 0 Å². The van der Waals surface area contributed by atoms with Crippen molar-refractivity contribution in [2.24, 2.45) is 5.92 Å². The number of hydrogen-bond donors (Lipinski definition) is 1. The molecule has 1 aromatic carbocycles. The topological polar surface area (TPSA) is 25.2 Å². The van der Waals surface area contributed by atoms with Crippen molar-refractivity contribution >= 4 is 0 Å². The lowest BCUT2D eigenvalue weighted by atomic mass is 10.1. The summed E-state index contributed by atoms with van der Waals surface area (Å²) >= 11 is 0. The Morgan fingerprint density at radius 3 is 2.89 bits per heavy atom. The third kappa shape index (κ3) is 2.71. The normalized spacial score (nSPS) is 16.6. The number of rotatable bonds is 4. The van der Waals surface area contributed by atoms with E-state index in [-0.39, 0.29) is 11.9 Å². The average molecular weight is 259 g/mol. The Balaban J connectivity index is 1.77. The van der Waals surface area contributed by atoms with Crippen LogP contribution in [0.15, 0.2) is 36.7 Å². The third-order valence-electron chi connectivity index (χ3n) is 3.85. The van der Waals surface area contributed by atoms with Gasteiger partial charge in [0.1, 0.15) is 5.82 Å². The number of nitrogens with zero attached hydrogens (tertiary/aromatic N) is 1. The smallest absolute Gasteiger partial charge is 0.123 e. The summed E-state index contributed by atoms with van der Waals surface area (Å²) in [6.45, 7) is 2.62. The highest BCUT2D eigenvalue weighted by Gasteiger charge is 2.31. The summed E-state index contributed by atoms with van der Waals surface area (Å²) in [5.41, 5.74) is 3.03. The van der Waals surface area contributed by atoms with Crippen LogP contribution in [0.2, 0.25) is 0 Å². The summed E-state index contributed by atoms with van der Waals surface area (Å²) in [6.07, 6.45) is 5.82. The molecule has 0 bridgehead atoms. The summed E-state index contributed by atoms with van der Waals surface area (Å²) in [6, 6.07) is 6.81. The molecule has 0 spiro atoms. The van der Waals surface area contributed by atoms with Gasteiger partial charge in [0.2, 0.25) is 0 Å². The van der Waals surface area contributed by atoms with Gasteiger partial charge < -0.3 is 9.67 Å². The van der Waals surface area contributed by atoms with E-state index in [1.165, 1.54) is 6.07 Å². The maximum Gasteiger partial charge on any atom is 0.123 e. The number of hydrogen-bond acceptors (Lipinski definition) is 1. The Bertz CT molecular complexity index is 586. The second-order valence-electron chi connectivity index (χ2n) is 5.47. The van der Waals surface area contributed by atoms with E-state index in [0.29, 0.717) is 12.5 Å². The van der Waals surface area contributed by atoms with Gasteiger partial charge >= 0.3 is 0 Å². The first-order valence-electron chi connectivity index (χ1n) is 6.72. The van der Waals surface area contributed by atoms with Crippen molar-refractivity contribution in [3.05, 3.63) is 59.2 Å². The quantitative estimate of drug-likeness (QED) is 0.894. The molecule has 19 heavy (non-hydrogen) atoms. The predicted molar refractivity (Wildman–Crippen MR) is 72.4 cm³/mol. The highest BCUT2D eigenvalue weighted by molar-refractivity contribution is 5.27. The molecule has 1 unspecified atom stereocenters. The van der Waals surface area contributed by atoms with E-state index in [9.17, 15) is 9.50 Å². The third-order valence-corrected chi connectivity index (χ3v) is 3.85. The van der Waals surface area contributed by atoms with E-state index >= 15 is 0 Å². The highest BCUT2D eigenvalue weighted by Crippen LogP contribution is 2.40. The first kappa shape index (κ1) is 12.4. The Morgan fingerprint density at radius 2 is 2.16 bits per heavy atom. The molecule has 1 N–H and O–H groups in total. The van der Waals surface area contributed by atoms with Crippen LogP contribution >= 0.6 is 0 Å². The zero-order valence-electron chi connectivity index (χ0n) is 11.0. The lowest BCUT2D eigenvalue weighted by molar-refractivity contribution is 0.154. The molecule has 0 aliphatic heterocycles. The van der Waals surface area contributed by atoms with Crippen LogP contribution in [0.1, 0.15) is 35.6 Å². The summed E-state index contributed by atoms with van der Waals surface area (Å²) in [7, 11) is 0. The summed E-state index contributed by atoms with van der Waals surface area (Å²) < 4.78 is 15.3. The second kappa shape index (κ2) is 4.82. The van der Waals surface area contributed by atoms with E-state index in [2.05, 4.69) is 0 Å². The van der Waals surface area contributed by atoms with Crippen LogP contribution < -0.4 is 0 Å². The number of halogens is 1. The van der Waals surface area contributed by atoms with Gasteiger partial charge in [-0.25, -0.2) is 4.39 Å². The molecular formula is C16H18FNO. The van der Waals surface area contributed by atoms with Gasteiger partial charge in [-0.2, -0.15) is 0 Å². The molecule has 3 rings (SSSR count). The van der Waals surface area contributed by atoms with Gasteiger partial charge in [0.15, 0.2) is 0 Å². The van der Waals surface area contributed by atoms with E-state index < -0.39 is 0 Å². The van der Waals surface area contributed by atoms with Crippen molar-refractivity contribution in [2.75, 3.05) is 0 Å². The summed E-state index contributed by atoms with van der Waals surface area (Å²) in [4.78, 5) is 0.